The first-order valence-electron chi connectivity index (χ1n) is 6.53. The molecule has 0 atom stereocenters. The number of hydrogen-bond donors (Lipinski definition) is 2. The molecule has 0 fully saturated rings. The third-order valence-corrected chi connectivity index (χ3v) is 3.95. The van der Waals surface area contributed by atoms with Gasteiger partial charge in [-0.3, -0.25) is 15.6 Å². The maximum absolute atomic E-state index is 13.6. The van der Waals surface area contributed by atoms with Crippen molar-refractivity contribution < 1.29 is 18.3 Å². The number of aromatic nitrogens is 1. The van der Waals surface area contributed by atoms with E-state index in [0.717, 1.165) is 17.4 Å². The van der Waals surface area contributed by atoms with E-state index in [1.807, 2.05) is 0 Å². The highest BCUT2D eigenvalue weighted by Crippen LogP contribution is 2.28. The Balaban J connectivity index is 1.75. The summed E-state index contributed by atoms with van der Waals surface area (Å²) >= 11 is 1.03. The van der Waals surface area contributed by atoms with Gasteiger partial charge in [-0.2, -0.15) is 0 Å². The highest BCUT2D eigenvalue weighted by atomic mass is 32.1. The summed E-state index contributed by atoms with van der Waals surface area (Å²) < 4.78 is 32.1. The topological polar surface area (TPSA) is 63.2 Å². The van der Waals surface area contributed by atoms with Crippen LogP contribution in [0.25, 0.3) is 10.2 Å². The molecule has 0 saturated heterocycles. The predicted molar refractivity (Wildman–Crippen MR) is 83.6 cm³/mol. The number of hydrazine groups is 1. The summed E-state index contributed by atoms with van der Waals surface area (Å²) in [6, 6.07) is 8.54. The number of benzene rings is 2. The Bertz CT molecular complexity index is 882. The number of thiazole rings is 1. The van der Waals surface area contributed by atoms with E-state index in [0.29, 0.717) is 16.0 Å². The van der Waals surface area contributed by atoms with Gasteiger partial charge in [-0.1, -0.05) is 17.4 Å². The van der Waals surface area contributed by atoms with Crippen molar-refractivity contribution in [2.45, 2.75) is 0 Å². The molecular weight excluding hydrogens is 324 g/mol. The van der Waals surface area contributed by atoms with Crippen molar-refractivity contribution in [3.05, 3.63) is 53.6 Å². The first kappa shape index (κ1) is 15.2. The second kappa shape index (κ2) is 6.17. The number of halogens is 2. The Labute approximate surface area is 133 Å². The number of carbonyl (C=O) groups excluding carboxylic acids is 1. The molecule has 118 valence electrons. The van der Waals surface area contributed by atoms with Crippen LogP contribution in [-0.4, -0.2) is 18.0 Å². The van der Waals surface area contributed by atoms with E-state index in [-0.39, 0.29) is 10.6 Å². The molecule has 0 unspecified atom stereocenters. The fourth-order valence-electron chi connectivity index (χ4n) is 1.96. The maximum atomic E-state index is 13.6. The SMILES string of the molecule is COc1cccc(C(=O)NNc2nc3c(F)cc(F)cc3s2)c1. The van der Waals surface area contributed by atoms with Crippen LogP contribution in [0.15, 0.2) is 36.4 Å². The molecule has 1 amide bonds. The fraction of sp³-hybridized carbons (Fsp3) is 0.0667. The zero-order valence-corrected chi connectivity index (χ0v) is 12.7. The average molecular weight is 335 g/mol. The monoisotopic (exact) mass is 335 g/mol. The van der Waals surface area contributed by atoms with Crippen molar-refractivity contribution in [3.8, 4) is 5.75 Å². The van der Waals surface area contributed by atoms with Gasteiger partial charge in [0.15, 0.2) is 5.82 Å². The molecule has 0 aliphatic carbocycles. The third kappa shape index (κ3) is 3.21. The van der Waals surface area contributed by atoms with Crippen molar-refractivity contribution in [3.63, 3.8) is 0 Å². The van der Waals surface area contributed by atoms with E-state index in [2.05, 4.69) is 15.8 Å². The number of fused-ring (bicyclic) bond motifs is 1. The van der Waals surface area contributed by atoms with Gasteiger partial charge in [0.05, 0.1) is 11.8 Å². The number of hydrogen-bond acceptors (Lipinski definition) is 5. The van der Waals surface area contributed by atoms with Crippen molar-refractivity contribution >= 4 is 32.6 Å². The van der Waals surface area contributed by atoms with Crippen molar-refractivity contribution in [2.75, 3.05) is 12.5 Å². The number of rotatable bonds is 4. The number of carbonyl (C=O) groups is 1. The van der Waals surface area contributed by atoms with E-state index in [4.69, 9.17) is 4.74 Å². The molecule has 5 nitrogen and oxygen atoms in total. The van der Waals surface area contributed by atoms with Gasteiger partial charge in [0, 0.05) is 11.6 Å². The van der Waals surface area contributed by atoms with Gasteiger partial charge in [-0.15, -0.1) is 0 Å². The van der Waals surface area contributed by atoms with Crippen molar-refractivity contribution in [2.24, 2.45) is 0 Å². The van der Waals surface area contributed by atoms with Crippen molar-refractivity contribution in [1.82, 2.24) is 10.4 Å². The van der Waals surface area contributed by atoms with Crippen LogP contribution in [-0.2, 0) is 0 Å². The van der Waals surface area contributed by atoms with Gasteiger partial charge in [0.1, 0.15) is 17.1 Å². The Morgan fingerprint density at radius 1 is 1.26 bits per heavy atom. The Morgan fingerprint density at radius 3 is 2.87 bits per heavy atom. The first-order chi connectivity index (χ1) is 11.1. The van der Waals surface area contributed by atoms with Crippen LogP contribution in [0.3, 0.4) is 0 Å². The van der Waals surface area contributed by atoms with E-state index in [1.165, 1.54) is 13.2 Å². The molecule has 0 bridgehead atoms. The lowest BCUT2D eigenvalue weighted by molar-refractivity contribution is 0.0962. The minimum Gasteiger partial charge on any atom is -0.497 e. The second-order valence-corrected chi connectivity index (χ2v) is 5.60. The molecule has 2 aromatic carbocycles. The van der Waals surface area contributed by atoms with Gasteiger partial charge in [0.25, 0.3) is 5.91 Å². The van der Waals surface area contributed by atoms with E-state index < -0.39 is 17.5 Å². The van der Waals surface area contributed by atoms with Gasteiger partial charge in [0.2, 0.25) is 5.13 Å². The molecule has 8 heteroatoms. The van der Waals surface area contributed by atoms with Crippen LogP contribution in [0.1, 0.15) is 10.4 Å². The van der Waals surface area contributed by atoms with Crippen LogP contribution in [0.4, 0.5) is 13.9 Å². The third-order valence-electron chi connectivity index (χ3n) is 3.03. The minimum atomic E-state index is -0.747. The lowest BCUT2D eigenvalue weighted by Gasteiger charge is -2.06. The Hall–Kier alpha value is -2.74. The summed E-state index contributed by atoms with van der Waals surface area (Å²) in [5.41, 5.74) is 5.48. The normalized spacial score (nSPS) is 10.6. The molecule has 0 aliphatic rings. The molecule has 2 N–H and O–H groups in total. The van der Waals surface area contributed by atoms with Gasteiger partial charge in [-0.25, -0.2) is 13.8 Å². The molecule has 3 rings (SSSR count). The average Bonchev–Trinajstić information content (AvgIpc) is 2.96. The predicted octanol–water partition coefficient (Wildman–Crippen LogP) is 3.34. The lowest BCUT2D eigenvalue weighted by atomic mass is 10.2. The van der Waals surface area contributed by atoms with Crippen LogP contribution in [0, 0.1) is 11.6 Å². The Morgan fingerprint density at radius 2 is 2.09 bits per heavy atom. The molecule has 1 heterocycles. The van der Waals surface area contributed by atoms with Gasteiger partial charge in [-0.05, 0) is 24.3 Å². The standard InChI is InChI=1S/C15H11F2N3O2S/c1-22-10-4-2-3-8(5-10)14(21)19-20-15-18-13-11(17)6-9(16)7-12(13)23-15/h2-7H,1H3,(H,18,20)(H,19,21). The molecule has 0 radical (unpaired) electrons. The van der Waals surface area contributed by atoms with Gasteiger partial charge >= 0.3 is 0 Å². The zero-order chi connectivity index (χ0) is 16.4. The molecular formula is C15H11F2N3O2S. The summed E-state index contributed by atoms with van der Waals surface area (Å²) in [7, 11) is 1.50. The van der Waals surface area contributed by atoms with E-state index >= 15 is 0 Å². The summed E-state index contributed by atoms with van der Waals surface area (Å²) in [4.78, 5) is 16.0. The minimum absolute atomic E-state index is 0.0505. The number of nitrogens with one attached hydrogen (secondary N) is 2. The number of ether oxygens (including phenoxy) is 1. The van der Waals surface area contributed by atoms with Gasteiger partial charge < -0.3 is 4.74 Å². The van der Waals surface area contributed by atoms with Crippen LogP contribution in [0.2, 0.25) is 0 Å². The smallest absolute Gasteiger partial charge is 0.269 e. The highest BCUT2D eigenvalue weighted by molar-refractivity contribution is 7.22. The van der Waals surface area contributed by atoms with Crippen LogP contribution in [0.5, 0.6) is 5.75 Å². The van der Waals surface area contributed by atoms with Crippen LogP contribution < -0.4 is 15.6 Å². The second-order valence-electron chi connectivity index (χ2n) is 4.56. The number of amides is 1. The number of anilines is 1. The lowest BCUT2D eigenvalue weighted by Crippen LogP contribution is -2.29. The fourth-order valence-corrected chi connectivity index (χ4v) is 2.82. The summed E-state index contributed by atoms with van der Waals surface area (Å²) in [5, 5.41) is 0.251. The quantitative estimate of drug-likeness (QED) is 0.718. The first-order valence-corrected chi connectivity index (χ1v) is 7.34. The molecule has 3 aromatic rings. The van der Waals surface area contributed by atoms with Crippen molar-refractivity contribution in [1.29, 1.82) is 0 Å². The number of nitrogens with zero attached hydrogens (tertiary/aromatic N) is 1. The zero-order valence-electron chi connectivity index (χ0n) is 11.9. The summed E-state index contributed by atoms with van der Waals surface area (Å²) in [6.07, 6.45) is 0. The highest BCUT2D eigenvalue weighted by Gasteiger charge is 2.12. The molecule has 0 spiro atoms. The van der Waals surface area contributed by atoms with E-state index in [9.17, 15) is 13.6 Å². The molecule has 0 aliphatic heterocycles. The molecule has 1 aromatic heterocycles. The molecule has 23 heavy (non-hydrogen) atoms. The Kier molecular flexibility index (Phi) is 4.07. The largest absolute Gasteiger partial charge is 0.497 e. The number of methoxy groups -OCH3 is 1. The van der Waals surface area contributed by atoms with Crippen LogP contribution >= 0.6 is 11.3 Å². The summed E-state index contributed by atoms with van der Waals surface area (Å²) in [6.45, 7) is 0. The molecule has 0 saturated carbocycles. The maximum Gasteiger partial charge on any atom is 0.269 e. The summed E-state index contributed by atoms with van der Waals surface area (Å²) in [5.74, 6) is -1.28. The van der Waals surface area contributed by atoms with E-state index in [1.54, 1.807) is 24.3 Å².